The van der Waals surface area contributed by atoms with Crippen LogP contribution in [0, 0.1) is 29.6 Å². The molecule has 4 saturated heterocycles. The topological polar surface area (TPSA) is 184 Å². The van der Waals surface area contributed by atoms with Crippen LogP contribution in [0.1, 0.15) is 62.8 Å². The average Bonchev–Trinajstić information content (AvgIpc) is 4.14. The molecule has 2 bridgehead atoms. The van der Waals surface area contributed by atoms with Crippen molar-refractivity contribution in [3.05, 3.63) is 70.5 Å². The van der Waals surface area contributed by atoms with E-state index in [1.165, 1.54) is 14.2 Å². The van der Waals surface area contributed by atoms with Gasteiger partial charge in [-0.15, -0.1) is 0 Å². The molecule has 2 aromatic heterocycles. The van der Waals surface area contributed by atoms with Crippen LogP contribution >= 0.6 is 23.2 Å². The molecule has 3 unspecified atom stereocenters. The number of H-pyrrole nitrogens is 2. The molecule has 7 fully saturated rings. The van der Waals surface area contributed by atoms with E-state index in [-0.39, 0.29) is 41.9 Å². The zero-order valence-corrected chi connectivity index (χ0v) is 34.8. The summed E-state index contributed by atoms with van der Waals surface area (Å²) in [5, 5.41) is 6.31. The van der Waals surface area contributed by atoms with Gasteiger partial charge in [-0.3, -0.25) is 9.59 Å². The van der Waals surface area contributed by atoms with Crippen molar-refractivity contribution in [2.24, 2.45) is 29.6 Å². The number of halogens is 2. The molecular formula is C43H46Cl2N8O7. The third kappa shape index (κ3) is 6.60. The molecule has 7 aliphatic rings. The number of carbonyl (C=O) groups is 4. The fraction of sp³-hybridized carbons (Fsp3) is 0.488. The van der Waals surface area contributed by atoms with Crippen LogP contribution in [-0.2, 0) is 23.8 Å². The summed E-state index contributed by atoms with van der Waals surface area (Å²) < 4.78 is 15.2. The maximum atomic E-state index is 14.3. The number of nitrogens with zero attached hydrogens (tertiary/aromatic N) is 4. The number of rotatable bonds is 11. The summed E-state index contributed by atoms with van der Waals surface area (Å²) in [7, 11) is 2.59. The normalized spacial score (nSPS) is 28.0. The summed E-state index contributed by atoms with van der Waals surface area (Å²) in [6.45, 7) is 2.95. The summed E-state index contributed by atoms with van der Waals surface area (Å²) in [5.74, 6) is 2.66. The minimum absolute atomic E-state index is 0.0454. The van der Waals surface area contributed by atoms with E-state index in [4.69, 9.17) is 47.4 Å². The van der Waals surface area contributed by atoms with Gasteiger partial charge in [0.25, 0.3) is 0 Å². The number of ether oxygens (including phenoxy) is 3. The van der Waals surface area contributed by atoms with E-state index >= 15 is 0 Å². The molecule has 4 amide bonds. The zero-order valence-electron chi connectivity index (χ0n) is 33.3. The zero-order chi connectivity index (χ0) is 41.6. The van der Waals surface area contributed by atoms with Gasteiger partial charge < -0.3 is 44.6 Å². The van der Waals surface area contributed by atoms with E-state index < -0.39 is 24.3 Å². The highest BCUT2D eigenvalue weighted by atomic mass is 35.5. The highest BCUT2D eigenvalue weighted by Crippen LogP contribution is 2.81. The first-order chi connectivity index (χ1) is 29.1. The van der Waals surface area contributed by atoms with E-state index in [1.807, 2.05) is 65.3 Å². The number of amides is 4. The average molecular weight is 858 g/mol. The van der Waals surface area contributed by atoms with Crippen molar-refractivity contribution in [1.29, 1.82) is 0 Å². The molecule has 314 valence electrons. The highest BCUT2D eigenvalue weighted by Gasteiger charge is 2.86. The number of piperidine rings is 2. The summed E-state index contributed by atoms with van der Waals surface area (Å²) in [6, 6.07) is 14.4. The number of hydrogen-bond donors (Lipinski definition) is 4. The van der Waals surface area contributed by atoms with Gasteiger partial charge in [0.1, 0.15) is 45.4 Å². The van der Waals surface area contributed by atoms with Crippen molar-refractivity contribution in [3.63, 3.8) is 0 Å². The predicted molar refractivity (Wildman–Crippen MR) is 219 cm³/mol. The smallest absolute Gasteiger partial charge is 0.407 e. The van der Waals surface area contributed by atoms with Crippen molar-refractivity contribution in [3.8, 4) is 33.6 Å². The van der Waals surface area contributed by atoms with Gasteiger partial charge in [0.2, 0.25) is 11.8 Å². The molecule has 60 heavy (non-hydrogen) atoms. The Labute approximate surface area is 356 Å². The molecule has 10 atom stereocenters. The van der Waals surface area contributed by atoms with Crippen molar-refractivity contribution < 1.29 is 33.4 Å². The first-order valence-corrected chi connectivity index (χ1v) is 21.5. The third-order valence-corrected chi connectivity index (χ3v) is 14.2. The summed E-state index contributed by atoms with van der Waals surface area (Å²) in [6.07, 6.45) is 2.27. The highest BCUT2D eigenvalue weighted by molar-refractivity contribution is 6.32. The number of fused-ring (bicyclic) bond motifs is 2. The number of benzene rings is 2. The van der Waals surface area contributed by atoms with Gasteiger partial charge in [0, 0.05) is 36.4 Å². The molecule has 15 nitrogen and oxygen atoms in total. The summed E-state index contributed by atoms with van der Waals surface area (Å²) in [4.78, 5) is 72.4. The van der Waals surface area contributed by atoms with Crippen LogP contribution in [0.25, 0.3) is 33.6 Å². The lowest BCUT2D eigenvalue weighted by molar-refractivity contribution is -0.137. The second-order valence-corrected chi connectivity index (χ2v) is 17.6. The minimum Gasteiger partial charge on any atom is -0.453 e. The molecule has 3 saturated carbocycles. The van der Waals surface area contributed by atoms with E-state index in [9.17, 15) is 19.2 Å². The van der Waals surface area contributed by atoms with E-state index in [2.05, 4.69) is 20.6 Å². The van der Waals surface area contributed by atoms with Gasteiger partial charge in [-0.25, -0.2) is 19.6 Å². The van der Waals surface area contributed by atoms with Crippen LogP contribution in [-0.4, -0.2) is 105 Å². The van der Waals surface area contributed by atoms with E-state index in [0.717, 1.165) is 35.1 Å². The minimum atomic E-state index is -0.703. The largest absolute Gasteiger partial charge is 0.453 e. The Morgan fingerprint density at radius 1 is 0.767 bits per heavy atom. The van der Waals surface area contributed by atoms with Gasteiger partial charge in [-0.1, -0.05) is 78.7 Å². The number of carbonyl (C=O) groups excluding carboxylic acids is 4. The maximum Gasteiger partial charge on any atom is 0.407 e. The molecule has 3 aliphatic carbocycles. The number of methoxy groups -OCH3 is 2. The molecule has 11 rings (SSSR count). The maximum absolute atomic E-state index is 14.3. The van der Waals surface area contributed by atoms with Crippen molar-refractivity contribution in [1.82, 2.24) is 40.4 Å². The Morgan fingerprint density at radius 2 is 1.32 bits per heavy atom. The summed E-state index contributed by atoms with van der Waals surface area (Å²) in [5.41, 5.74) is 4.87. The first kappa shape index (κ1) is 39.0. The predicted octanol–water partition coefficient (Wildman–Crippen LogP) is 6.52. The molecule has 0 spiro atoms. The fourth-order valence-corrected chi connectivity index (χ4v) is 10.9. The second-order valence-electron chi connectivity index (χ2n) is 16.9. The Morgan fingerprint density at radius 3 is 1.90 bits per heavy atom. The molecular weight excluding hydrogens is 811 g/mol. The van der Waals surface area contributed by atoms with Crippen molar-refractivity contribution in [2.45, 2.75) is 75.3 Å². The SMILES string of the molecule is CC[C@H](NC(=O)OC)C(=O)N1[C@@H]2C[C@@H]2C[C@H]1c1nc(-c2ccc(-c3ccc(-c4nc([C@@H]5C6C7C([C@H]76)N5C(=O)[C@@H](NC(=O)OC)C5CCOCC5)[nH]c4Cl)cc3)cc2)c(Cl)[nH]1. The summed E-state index contributed by atoms with van der Waals surface area (Å²) >= 11 is 13.6. The number of imidazole rings is 2. The number of likely N-dealkylation sites (tertiary alicyclic amines) is 1. The first-order valence-electron chi connectivity index (χ1n) is 20.7. The number of hydrogen-bond acceptors (Lipinski definition) is 9. The van der Waals surface area contributed by atoms with Crippen LogP contribution < -0.4 is 10.6 Å². The van der Waals surface area contributed by atoms with Gasteiger partial charge in [-0.05, 0) is 72.8 Å². The standard InChI is InChI=1S/C43H46Cl2N8O7/c1-4-25(46-42(56)58-2)40(54)52-26-17-24(26)18-27(52)38-47-31(36(44)50-38)21-9-5-19(6-10-21)20-7-11-22(12-8-20)32-37(45)51-39(48-32)35-30-28-29(30)34(28)53(35)41(55)33(49-43(57)59-3)23-13-15-60-16-14-23/h5-12,23-30,33-35H,4,13-18H2,1-3H3,(H,46,56)(H,47,50)(H,48,51)(H,49,57)/t24-,25+,26-,27+,28-,29?,30?,33+,34?,35+/m1/s1. The van der Waals surface area contributed by atoms with Gasteiger partial charge in [0.05, 0.1) is 26.3 Å². The molecule has 4 N–H and O–H groups in total. The molecule has 4 aliphatic heterocycles. The van der Waals surface area contributed by atoms with Gasteiger partial charge in [-0.2, -0.15) is 0 Å². The van der Waals surface area contributed by atoms with Crippen LogP contribution in [0.5, 0.6) is 0 Å². The lowest BCUT2D eigenvalue weighted by Crippen LogP contribution is -2.53. The molecule has 4 aromatic rings. The molecule has 2 aromatic carbocycles. The lowest BCUT2D eigenvalue weighted by Gasteiger charge is -2.34. The van der Waals surface area contributed by atoms with Crippen molar-refractivity contribution in [2.75, 3.05) is 27.4 Å². The number of nitrogens with one attached hydrogen (secondary N) is 4. The molecule has 0 radical (unpaired) electrons. The second kappa shape index (κ2) is 15.1. The fourth-order valence-electron chi connectivity index (χ4n) is 10.4. The Hall–Kier alpha value is -5.12. The number of alkyl carbamates (subject to hydrolysis) is 2. The van der Waals surface area contributed by atoms with Crippen LogP contribution in [0.15, 0.2) is 48.5 Å². The van der Waals surface area contributed by atoms with Gasteiger partial charge >= 0.3 is 12.2 Å². The van der Waals surface area contributed by atoms with Crippen LogP contribution in [0.4, 0.5) is 9.59 Å². The van der Waals surface area contributed by atoms with Crippen LogP contribution in [0.2, 0.25) is 10.3 Å². The van der Waals surface area contributed by atoms with Crippen molar-refractivity contribution >= 4 is 47.2 Å². The van der Waals surface area contributed by atoms with E-state index in [1.54, 1.807) is 0 Å². The molecule has 6 heterocycles. The third-order valence-electron chi connectivity index (χ3n) is 13.7. The Kier molecular flexibility index (Phi) is 9.83. The van der Waals surface area contributed by atoms with Gasteiger partial charge in [0.15, 0.2) is 0 Å². The molecule has 17 heteroatoms. The Balaban J connectivity index is 0.833. The quantitative estimate of drug-likeness (QED) is 0.131. The Bertz CT molecular complexity index is 2340. The lowest BCUT2D eigenvalue weighted by atomic mass is 9.90. The number of aromatic nitrogens is 4. The number of aromatic amines is 2. The van der Waals surface area contributed by atoms with E-state index in [0.29, 0.717) is 89.5 Å². The van der Waals surface area contributed by atoms with Crippen LogP contribution in [0.3, 0.4) is 0 Å². The monoisotopic (exact) mass is 856 g/mol.